The Hall–Kier alpha value is -1.47. The summed E-state index contributed by atoms with van der Waals surface area (Å²) in [5, 5.41) is 0. The molecule has 0 saturated carbocycles. The van der Waals surface area contributed by atoms with E-state index in [1.807, 2.05) is 24.3 Å². The van der Waals surface area contributed by atoms with Crippen molar-refractivity contribution in [3.63, 3.8) is 0 Å². The van der Waals surface area contributed by atoms with Crippen molar-refractivity contribution in [3.05, 3.63) is 34.3 Å². The number of ether oxygens (including phenoxy) is 1. The van der Waals surface area contributed by atoms with Crippen molar-refractivity contribution in [2.24, 2.45) is 0 Å². The topological polar surface area (TPSA) is 29.5 Å². The molecule has 1 aromatic rings. The van der Waals surface area contributed by atoms with E-state index < -0.39 is 6.09 Å². The molecule has 0 radical (unpaired) electrons. The van der Waals surface area contributed by atoms with Gasteiger partial charge >= 0.3 is 6.09 Å². The average Bonchev–Trinajstić information content (AvgIpc) is 2.30. The standard InChI is InChI=1S/C12H12BrNO2/c1-3-8-14(12(15)16-2)9-10-6-4-5-7-11(10)13/h1,4-7H,8-9H2,2H3. The van der Waals surface area contributed by atoms with E-state index in [1.54, 1.807) is 0 Å². The minimum absolute atomic E-state index is 0.230. The van der Waals surface area contributed by atoms with Crippen LogP contribution < -0.4 is 0 Å². The van der Waals surface area contributed by atoms with Gasteiger partial charge in [-0.05, 0) is 11.6 Å². The van der Waals surface area contributed by atoms with Gasteiger partial charge in [0.1, 0.15) is 0 Å². The van der Waals surface area contributed by atoms with Crippen LogP contribution in [0, 0.1) is 12.3 Å². The summed E-state index contributed by atoms with van der Waals surface area (Å²) in [7, 11) is 1.34. The molecule has 0 aromatic heterocycles. The molecule has 4 heteroatoms. The van der Waals surface area contributed by atoms with Gasteiger partial charge in [-0.2, -0.15) is 0 Å². The van der Waals surface area contributed by atoms with Crippen LogP contribution in [-0.2, 0) is 11.3 Å². The van der Waals surface area contributed by atoms with Gasteiger partial charge in [0.2, 0.25) is 0 Å². The van der Waals surface area contributed by atoms with Crippen LogP contribution in [0.4, 0.5) is 4.79 Å². The van der Waals surface area contributed by atoms with Crippen molar-refractivity contribution in [1.82, 2.24) is 4.90 Å². The lowest BCUT2D eigenvalue weighted by Crippen LogP contribution is -2.30. The molecule has 0 atom stereocenters. The van der Waals surface area contributed by atoms with E-state index >= 15 is 0 Å². The number of halogens is 1. The van der Waals surface area contributed by atoms with Crippen molar-refractivity contribution >= 4 is 22.0 Å². The lowest BCUT2D eigenvalue weighted by Gasteiger charge is -2.19. The second-order valence-corrected chi connectivity index (χ2v) is 3.98. The molecule has 3 nitrogen and oxygen atoms in total. The molecule has 0 fully saturated rings. The minimum Gasteiger partial charge on any atom is -0.453 e. The highest BCUT2D eigenvalue weighted by atomic mass is 79.9. The number of carbonyl (C=O) groups excluding carboxylic acids is 1. The summed E-state index contributed by atoms with van der Waals surface area (Å²) in [5.41, 5.74) is 0.989. The summed E-state index contributed by atoms with van der Waals surface area (Å²) in [4.78, 5) is 12.9. The number of hydrogen-bond donors (Lipinski definition) is 0. The first-order valence-electron chi connectivity index (χ1n) is 4.68. The number of hydrogen-bond acceptors (Lipinski definition) is 2. The van der Waals surface area contributed by atoms with Crippen molar-refractivity contribution < 1.29 is 9.53 Å². The van der Waals surface area contributed by atoms with Crippen LogP contribution in [-0.4, -0.2) is 24.6 Å². The summed E-state index contributed by atoms with van der Waals surface area (Å²) < 4.78 is 5.60. The predicted octanol–water partition coefficient (Wildman–Crippen LogP) is 2.65. The van der Waals surface area contributed by atoms with Gasteiger partial charge in [0.05, 0.1) is 20.2 Å². The van der Waals surface area contributed by atoms with E-state index in [4.69, 9.17) is 6.42 Å². The zero-order chi connectivity index (χ0) is 12.0. The Morgan fingerprint density at radius 1 is 1.56 bits per heavy atom. The molecule has 0 aliphatic carbocycles. The van der Waals surface area contributed by atoms with Crippen LogP contribution in [0.1, 0.15) is 5.56 Å². The van der Waals surface area contributed by atoms with Crippen LogP contribution in [0.25, 0.3) is 0 Å². The normalized spacial score (nSPS) is 9.31. The summed E-state index contributed by atoms with van der Waals surface area (Å²) in [6, 6.07) is 7.67. The maximum Gasteiger partial charge on any atom is 0.410 e. The first kappa shape index (κ1) is 12.6. The fourth-order valence-electron chi connectivity index (χ4n) is 1.26. The SMILES string of the molecule is C#CCN(Cc1ccccc1Br)C(=O)OC. The van der Waals surface area contributed by atoms with Crippen molar-refractivity contribution in [2.75, 3.05) is 13.7 Å². The largest absolute Gasteiger partial charge is 0.453 e. The first-order chi connectivity index (χ1) is 7.69. The summed E-state index contributed by atoms with van der Waals surface area (Å²) in [5.74, 6) is 2.43. The number of nitrogens with zero attached hydrogens (tertiary/aromatic N) is 1. The second kappa shape index (κ2) is 6.19. The van der Waals surface area contributed by atoms with Crippen LogP contribution in [0.5, 0.6) is 0 Å². The van der Waals surface area contributed by atoms with Gasteiger partial charge < -0.3 is 4.74 Å². The van der Waals surface area contributed by atoms with Crippen molar-refractivity contribution in [2.45, 2.75) is 6.54 Å². The highest BCUT2D eigenvalue weighted by molar-refractivity contribution is 9.10. The molecule has 1 rings (SSSR count). The van der Waals surface area contributed by atoms with E-state index in [1.165, 1.54) is 12.0 Å². The molecule has 0 saturated heterocycles. The molecule has 0 N–H and O–H groups in total. The number of terminal acetylenes is 1. The smallest absolute Gasteiger partial charge is 0.410 e. The lowest BCUT2D eigenvalue weighted by molar-refractivity contribution is 0.126. The molecule has 0 bridgehead atoms. The third-order valence-electron chi connectivity index (χ3n) is 2.03. The van der Waals surface area contributed by atoms with E-state index in [-0.39, 0.29) is 6.54 Å². The number of methoxy groups -OCH3 is 1. The van der Waals surface area contributed by atoms with Gasteiger partial charge in [-0.15, -0.1) is 6.42 Å². The summed E-state index contributed by atoms with van der Waals surface area (Å²) in [6.45, 7) is 0.659. The van der Waals surface area contributed by atoms with Gasteiger partial charge in [0, 0.05) is 4.47 Å². The fourth-order valence-corrected chi connectivity index (χ4v) is 1.67. The molecule has 0 unspecified atom stereocenters. The zero-order valence-corrected chi connectivity index (χ0v) is 10.5. The van der Waals surface area contributed by atoms with E-state index in [0.717, 1.165) is 10.0 Å². The Labute approximate surface area is 104 Å². The van der Waals surface area contributed by atoms with Gasteiger partial charge in [-0.3, -0.25) is 4.90 Å². The molecule has 16 heavy (non-hydrogen) atoms. The Bertz CT molecular complexity index is 412. The number of carbonyl (C=O) groups is 1. The number of rotatable bonds is 3. The fraction of sp³-hybridized carbons (Fsp3) is 0.250. The highest BCUT2D eigenvalue weighted by Crippen LogP contribution is 2.17. The molecule has 0 aliphatic rings. The Kier molecular flexibility index (Phi) is 4.87. The molecule has 84 valence electrons. The van der Waals surface area contributed by atoms with Gasteiger partial charge in [0.25, 0.3) is 0 Å². The molecule has 1 amide bonds. The van der Waals surface area contributed by atoms with Crippen LogP contribution >= 0.6 is 15.9 Å². The molecular weight excluding hydrogens is 270 g/mol. The van der Waals surface area contributed by atoms with E-state index in [2.05, 4.69) is 26.6 Å². The number of benzene rings is 1. The molecule has 0 spiro atoms. The van der Waals surface area contributed by atoms with Crippen LogP contribution in [0.2, 0.25) is 0 Å². The van der Waals surface area contributed by atoms with Gasteiger partial charge in [-0.1, -0.05) is 40.0 Å². The maximum absolute atomic E-state index is 11.4. The number of amides is 1. The van der Waals surface area contributed by atoms with Gasteiger partial charge in [0.15, 0.2) is 0 Å². The van der Waals surface area contributed by atoms with Crippen molar-refractivity contribution in [3.8, 4) is 12.3 Å². The average molecular weight is 282 g/mol. The summed E-state index contributed by atoms with van der Waals surface area (Å²) in [6.07, 6.45) is 4.78. The molecular formula is C12H12BrNO2. The monoisotopic (exact) mass is 281 g/mol. The third-order valence-corrected chi connectivity index (χ3v) is 2.81. The van der Waals surface area contributed by atoms with E-state index in [9.17, 15) is 4.79 Å². The third kappa shape index (κ3) is 3.28. The molecule has 1 aromatic carbocycles. The first-order valence-corrected chi connectivity index (χ1v) is 5.48. The quantitative estimate of drug-likeness (QED) is 0.798. The summed E-state index contributed by atoms with van der Waals surface area (Å²) >= 11 is 3.42. The Morgan fingerprint density at radius 2 is 2.25 bits per heavy atom. The lowest BCUT2D eigenvalue weighted by atomic mass is 10.2. The molecule has 0 heterocycles. The molecule has 0 aliphatic heterocycles. The zero-order valence-electron chi connectivity index (χ0n) is 8.94. The van der Waals surface area contributed by atoms with E-state index in [0.29, 0.717) is 6.54 Å². The second-order valence-electron chi connectivity index (χ2n) is 3.12. The Morgan fingerprint density at radius 3 is 2.81 bits per heavy atom. The minimum atomic E-state index is -0.422. The highest BCUT2D eigenvalue weighted by Gasteiger charge is 2.13. The van der Waals surface area contributed by atoms with Gasteiger partial charge in [-0.25, -0.2) is 4.79 Å². The van der Waals surface area contributed by atoms with Crippen LogP contribution in [0.3, 0.4) is 0 Å². The van der Waals surface area contributed by atoms with Crippen LogP contribution in [0.15, 0.2) is 28.7 Å². The maximum atomic E-state index is 11.4. The Balaban J connectivity index is 2.80. The predicted molar refractivity (Wildman–Crippen MR) is 65.8 cm³/mol. The van der Waals surface area contributed by atoms with Crippen molar-refractivity contribution in [1.29, 1.82) is 0 Å².